The first kappa shape index (κ1) is 15.4. The van der Waals surface area contributed by atoms with Gasteiger partial charge < -0.3 is 10.0 Å². The van der Waals surface area contributed by atoms with Gasteiger partial charge in [-0.2, -0.15) is 0 Å². The summed E-state index contributed by atoms with van der Waals surface area (Å²) in [6.07, 6.45) is 0.0977. The van der Waals surface area contributed by atoms with E-state index in [4.69, 9.17) is 5.11 Å². The maximum Gasteiger partial charge on any atom is 0.304 e. The van der Waals surface area contributed by atoms with Crippen molar-refractivity contribution in [3.05, 3.63) is 35.1 Å². The molecule has 0 atom stereocenters. The van der Waals surface area contributed by atoms with Crippen LogP contribution in [0.5, 0.6) is 0 Å². The number of benzene rings is 1. The largest absolute Gasteiger partial charge is 0.481 e. The molecule has 0 saturated carbocycles. The highest BCUT2D eigenvalue weighted by Crippen LogP contribution is 2.15. The van der Waals surface area contributed by atoms with Crippen molar-refractivity contribution in [2.45, 2.75) is 13.3 Å². The average molecular weight is 294 g/mol. The highest BCUT2D eigenvalue weighted by Gasteiger charge is 2.24. The average Bonchev–Trinajstić information content (AvgIpc) is 2.48. The molecule has 1 N–H and O–H groups in total. The molecule has 1 fully saturated rings. The number of nitrogens with zero attached hydrogens (tertiary/aromatic N) is 2. The van der Waals surface area contributed by atoms with E-state index in [9.17, 15) is 14.0 Å². The van der Waals surface area contributed by atoms with Crippen molar-refractivity contribution >= 4 is 11.9 Å². The molecule has 0 aliphatic carbocycles. The van der Waals surface area contributed by atoms with Crippen LogP contribution in [0.4, 0.5) is 4.39 Å². The smallest absolute Gasteiger partial charge is 0.304 e. The van der Waals surface area contributed by atoms with Gasteiger partial charge in [0.25, 0.3) is 5.91 Å². The second-order valence-electron chi connectivity index (χ2n) is 5.21. The fraction of sp³-hybridized carbons (Fsp3) is 0.467. The van der Waals surface area contributed by atoms with Crippen molar-refractivity contribution in [2.24, 2.45) is 0 Å². The van der Waals surface area contributed by atoms with E-state index in [1.165, 1.54) is 6.07 Å². The Morgan fingerprint density at radius 3 is 2.52 bits per heavy atom. The van der Waals surface area contributed by atoms with Gasteiger partial charge in [-0.3, -0.25) is 14.5 Å². The van der Waals surface area contributed by atoms with Crippen LogP contribution >= 0.6 is 0 Å². The standard InChI is InChI=1S/C15H19FN2O3/c1-11-3-2-4-12(14(11)16)15(21)18-9-7-17(8-10-18)6-5-13(19)20/h2-4H,5-10H2,1H3,(H,19,20). The third kappa shape index (κ3) is 3.78. The number of halogens is 1. The third-order valence-electron chi connectivity index (χ3n) is 3.72. The summed E-state index contributed by atoms with van der Waals surface area (Å²) < 4.78 is 14.0. The lowest BCUT2D eigenvalue weighted by Crippen LogP contribution is -2.49. The maximum absolute atomic E-state index is 14.0. The molecule has 0 aromatic heterocycles. The first-order chi connectivity index (χ1) is 9.99. The van der Waals surface area contributed by atoms with Crippen LogP contribution in [0.3, 0.4) is 0 Å². The van der Waals surface area contributed by atoms with Crippen molar-refractivity contribution < 1.29 is 19.1 Å². The van der Waals surface area contributed by atoms with Crippen molar-refractivity contribution in [1.29, 1.82) is 0 Å². The summed E-state index contributed by atoms with van der Waals surface area (Å²) in [6, 6.07) is 4.81. The molecule has 2 rings (SSSR count). The maximum atomic E-state index is 14.0. The van der Waals surface area contributed by atoms with E-state index in [1.54, 1.807) is 24.0 Å². The fourth-order valence-corrected chi connectivity index (χ4v) is 2.41. The molecule has 0 spiro atoms. The van der Waals surface area contributed by atoms with Gasteiger partial charge in [-0.15, -0.1) is 0 Å². The number of hydrogen-bond donors (Lipinski definition) is 1. The van der Waals surface area contributed by atoms with Crippen LogP contribution in [0, 0.1) is 12.7 Å². The van der Waals surface area contributed by atoms with E-state index in [1.807, 2.05) is 4.90 Å². The molecule has 0 unspecified atom stereocenters. The van der Waals surface area contributed by atoms with Crippen molar-refractivity contribution in [2.75, 3.05) is 32.7 Å². The molecule has 1 aliphatic heterocycles. The lowest BCUT2D eigenvalue weighted by atomic mass is 10.1. The Balaban J connectivity index is 1.94. The lowest BCUT2D eigenvalue weighted by Gasteiger charge is -2.34. The van der Waals surface area contributed by atoms with Crippen molar-refractivity contribution in [3.63, 3.8) is 0 Å². The van der Waals surface area contributed by atoms with Crippen LogP contribution in [-0.2, 0) is 4.79 Å². The second-order valence-corrected chi connectivity index (χ2v) is 5.21. The van der Waals surface area contributed by atoms with Gasteiger partial charge in [-0.1, -0.05) is 12.1 Å². The number of rotatable bonds is 4. The molecule has 1 heterocycles. The zero-order valence-electron chi connectivity index (χ0n) is 12.0. The summed E-state index contributed by atoms with van der Waals surface area (Å²) in [4.78, 5) is 26.5. The quantitative estimate of drug-likeness (QED) is 0.911. The zero-order valence-corrected chi connectivity index (χ0v) is 12.0. The van der Waals surface area contributed by atoms with E-state index in [0.29, 0.717) is 38.3 Å². The molecule has 1 aromatic rings. The highest BCUT2D eigenvalue weighted by atomic mass is 19.1. The van der Waals surface area contributed by atoms with E-state index >= 15 is 0 Å². The molecule has 0 radical (unpaired) electrons. The van der Waals surface area contributed by atoms with Gasteiger partial charge >= 0.3 is 5.97 Å². The summed E-state index contributed by atoms with van der Waals surface area (Å²) in [5, 5.41) is 8.66. The van der Waals surface area contributed by atoms with Crippen LogP contribution in [0.25, 0.3) is 0 Å². The number of amides is 1. The first-order valence-electron chi connectivity index (χ1n) is 6.97. The monoisotopic (exact) mass is 294 g/mol. The summed E-state index contributed by atoms with van der Waals surface area (Å²) in [7, 11) is 0. The number of carbonyl (C=O) groups is 2. The van der Waals surface area contributed by atoms with Crippen molar-refractivity contribution in [1.82, 2.24) is 9.80 Å². The number of aryl methyl sites for hydroxylation is 1. The summed E-state index contributed by atoms with van der Waals surface area (Å²) in [5.41, 5.74) is 0.565. The predicted molar refractivity (Wildman–Crippen MR) is 75.7 cm³/mol. The van der Waals surface area contributed by atoms with Gasteiger partial charge in [0.05, 0.1) is 12.0 Å². The molecular weight excluding hydrogens is 275 g/mol. The molecule has 21 heavy (non-hydrogen) atoms. The van der Waals surface area contributed by atoms with Gasteiger partial charge in [0.15, 0.2) is 0 Å². The number of piperazine rings is 1. The van der Waals surface area contributed by atoms with Gasteiger partial charge in [0.2, 0.25) is 0 Å². The minimum atomic E-state index is -0.824. The highest BCUT2D eigenvalue weighted by molar-refractivity contribution is 5.94. The molecule has 114 valence electrons. The number of carboxylic acids is 1. The molecule has 1 aliphatic rings. The molecule has 5 nitrogen and oxygen atoms in total. The van der Waals surface area contributed by atoms with E-state index in [0.717, 1.165) is 0 Å². The van der Waals surface area contributed by atoms with E-state index in [-0.39, 0.29) is 17.9 Å². The van der Waals surface area contributed by atoms with Crippen LogP contribution < -0.4 is 0 Å². The number of hydrogen-bond acceptors (Lipinski definition) is 3. The summed E-state index contributed by atoms with van der Waals surface area (Å²) in [5.74, 6) is -1.58. The second kappa shape index (κ2) is 6.67. The summed E-state index contributed by atoms with van der Waals surface area (Å²) in [6.45, 7) is 4.34. The van der Waals surface area contributed by atoms with Gasteiger partial charge in [-0.25, -0.2) is 4.39 Å². The minimum absolute atomic E-state index is 0.0977. The van der Waals surface area contributed by atoms with Crippen LogP contribution in [0.15, 0.2) is 18.2 Å². The number of carbonyl (C=O) groups excluding carboxylic acids is 1. The van der Waals surface area contributed by atoms with Crippen molar-refractivity contribution in [3.8, 4) is 0 Å². The normalized spacial score (nSPS) is 16.0. The molecule has 0 bridgehead atoms. The SMILES string of the molecule is Cc1cccc(C(=O)N2CCN(CCC(=O)O)CC2)c1F. The van der Waals surface area contributed by atoms with Gasteiger partial charge in [-0.05, 0) is 18.6 Å². The topological polar surface area (TPSA) is 60.9 Å². The first-order valence-corrected chi connectivity index (χ1v) is 6.97. The molecule has 6 heteroatoms. The molecule has 1 amide bonds. The fourth-order valence-electron chi connectivity index (χ4n) is 2.41. The number of aliphatic carboxylic acids is 1. The van der Waals surface area contributed by atoms with Gasteiger partial charge in [0, 0.05) is 32.7 Å². The van der Waals surface area contributed by atoms with Gasteiger partial charge in [0.1, 0.15) is 5.82 Å². The van der Waals surface area contributed by atoms with Crippen LogP contribution in [-0.4, -0.2) is 59.5 Å². The Kier molecular flexibility index (Phi) is 4.90. The predicted octanol–water partition coefficient (Wildman–Crippen LogP) is 1.37. The van der Waals surface area contributed by atoms with Crippen LogP contribution in [0.2, 0.25) is 0 Å². The van der Waals surface area contributed by atoms with Crippen LogP contribution in [0.1, 0.15) is 22.3 Å². The third-order valence-corrected chi connectivity index (χ3v) is 3.72. The lowest BCUT2D eigenvalue weighted by molar-refractivity contribution is -0.137. The Labute approximate surface area is 123 Å². The van der Waals surface area contributed by atoms with E-state index < -0.39 is 11.8 Å². The number of carboxylic acid groups (broad SMARTS) is 1. The molecular formula is C15H19FN2O3. The molecule has 1 saturated heterocycles. The Morgan fingerprint density at radius 1 is 1.24 bits per heavy atom. The Hall–Kier alpha value is -1.95. The minimum Gasteiger partial charge on any atom is -0.481 e. The molecule has 1 aromatic carbocycles. The Morgan fingerprint density at radius 2 is 1.90 bits per heavy atom. The van der Waals surface area contributed by atoms with E-state index in [2.05, 4.69) is 0 Å². The zero-order chi connectivity index (χ0) is 15.4. The Bertz CT molecular complexity index is 540. The summed E-state index contributed by atoms with van der Waals surface area (Å²) >= 11 is 0.